The van der Waals surface area contributed by atoms with Gasteiger partial charge >= 0.3 is 0 Å². The highest BCUT2D eigenvalue weighted by Gasteiger charge is 2.10. The Morgan fingerprint density at radius 3 is 2.67 bits per heavy atom. The Labute approximate surface area is 127 Å². The van der Waals surface area contributed by atoms with Gasteiger partial charge in [-0.15, -0.1) is 11.3 Å². The highest BCUT2D eigenvalue weighted by molar-refractivity contribution is 9.10. The van der Waals surface area contributed by atoms with E-state index in [1.165, 1.54) is 4.88 Å². The van der Waals surface area contributed by atoms with E-state index in [1.807, 2.05) is 18.2 Å². The number of hydrogen-bond acceptors (Lipinski definition) is 3. The lowest BCUT2D eigenvalue weighted by Crippen LogP contribution is -2.06. The first kappa shape index (κ1) is 13.6. The topological polar surface area (TPSA) is 35.8 Å². The Balaban J connectivity index is 2.24. The van der Waals surface area contributed by atoms with Crippen LogP contribution in [0.1, 0.15) is 23.4 Å². The zero-order valence-electron chi connectivity index (χ0n) is 9.58. The predicted octanol–water partition coefficient (Wildman–Crippen LogP) is 5.32. The van der Waals surface area contributed by atoms with Gasteiger partial charge in [-0.05, 0) is 47.1 Å². The van der Waals surface area contributed by atoms with Crippen molar-refractivity contribution in [1.29, 1.82) is 5.26 Å². The highest BCUT2D eigenvalue weighted by atomic mass is 79.9. The summed E-state index contributed by atoms with van der Waals surface area (Å²) < 4.78 is 2.05. The van der Waals surface area contributed by atoms with Crippen molar-refractivity contribution in [2.75, 3.05) is 5.32 Å². The minimum atomic E-state index is 0.169. The third-order valence-corrected chi connectivity index (χ3v) is 4.86. The molecule has 0 saturated heterocycles. The summed E-state index contributed by atoms with van der Waals surface area (Å²) in [5.74, 6) is 0. The SMILES string of the molecule is CC(Nc1cc(Br)ccc1C#N)c1cc(Br)cs1. The summed E-state index contributed by atoms with van der Waals surface area (Å²) in [5.41, 5.74) is 1.50. The summed E-state index contributed by atoms with van der Waals surface area (Å²) in [6.45, 7) is 2.08. The van der Waals surface area contributed by atoms with Gasteiger partial charge in [0, 0.05) is 19.2 Å². The van der Waals surface area contributed by atoms with Crippen LogP contribution < -0.4 is 5.32 Å². The molecular weight excluding hydrogens is 376 g/mol. The van der Waals surface area contributed by atoms with E-state index in [0.717, 1.165) is 14.6 Å². The number of halogens is 2. The van der Waals surface area contributed by atoms with E-state index in [4.69, 9.17) is 5.26 Å². The van der Waals surface area contributed by atoms with E-state index in [2.05, 4.69) is 61.6 Å². The van der Waals surface area contributed by atoms with E-state index in [1.54, 1.807) is 11.3 Å². The van der Waals surface area contributed by atoms with E-state index >= 15 is 0 Å². The molecule has 1 aromatic carbocycles. The van der Waals surface area contributed by atoms with Gasteiger partial charge < -0.3 is 5.32 Å². The van der Waals surface area contributed by atoms with Crippen LogP contribution in [-0.2, 0) is 0 Å². The first-order valence-corrected chi connectivity index (χ1v) is 7.77. The van der Waals surface area contributed by atoms with Crippen molar-refractivity contribution in [2.45, 2.75) is 13.0 Å². The Morgan fingerprint density at radius 1 is 1.28 bits per heavy atom. The van der Waals surface area contributed by atoms with E-state index in [9.17, 15) is 0 Å². The van der Waals surface area contributed by atoms with E-state index in [-0.39, 0.29) is 6.04 Å². The normalized spacial score (nSPS) is 11.9. The Morgan fingerprint density at radius 2 is 2.06 bits per heavy atom. The molecule has 0 amide bonds. The number of nitrogens with one attached hydrogen (secondary N) is 1. The molecule has 0 radical (unpaired) electrons. The molecule has 0 aliphatic rings. The van der Waals surface area contributed by atoms with Crippen LogP contribution in [0, 0.1) is 11.3 Å². The Bertz CT molecular complexity index is 601. The van der Waals surface area contributed by atoms with Gasteiger partial charge in [0.25, 0.3) is 0 Å². The van der Waals surface area contributed by atoms with E-state index < -0.39 is 0 Å². The first-order valence-electron chi connectivity index (χ1n) is 5.30. The second-order valence-corrected chi connectivity index (χ2v) is 6.61. The van der Waals surface area contributed by atoms with Crippen LogP contribution in [0.3, 0.4) is 0 Å². The van der Waals surface area contributed by atoms with Crippen molar-refractivity contribution in [3.63, 3.8) is 0 Å². The Hall–Kier alpha value is -0.830. The lowest BCUT2D eigenvalue weighted by atomic mass is 10.1. The molecule has 2 nitrogen and oxygen atoms in total. The molecule has 0 aliphatic heterocycles. The van der Waals surface area contributed by atoms with Gasteiger partial charge in [0.1, 0.15) is 6.07 Å². The fourth-order valence-corrected chi connectivity index (χ4v) is 3.41. The minimum Gasteiger partial charge on any atom is -0.377 e. The molecule has 0 bridgehead atoms. The smallest absolute Gasteiger partial charge is 0.101 e. The summed E-state index contributed by atoms with van der Waals surface area (Å²) in [7, 11) is 0. The molecule has 2 rings (SSSR count). The molecule has 0 spiro atoms. The van der Waals surface area contributed by atoms with Crippen LogP contribution >= 0.6 is 43.2 Å². The maximum absolute atomic E-state index is 9.09. The summed E-state index contributed by atoms with van der Waals surface area (Å²) in [5, 5.41) is 14.5. The third kappa shape index (κ3) is 3.14. The average Bonchev–Trinajstić information content (AvgIpc) is 2.76. The number of thiophene rings is 1. The van der Waals surface area contributed by atoms with Crippen LogP contribution in [0.25, 0.3) is 0 Å². The lowest BCUT2D eigenvalue weighted by Gasteiger charge is -2.15. The van der Waals surface area contributed by atoms with Gasteiger partial charge in [0.05, 0.1) is 17.3 Å². The predicted molar refractivity (Wildman–Crippen MR) is 82.9 cm³/mol. The summed E-state index contributed by atoms with van der Waals surface area (Å²) in [6.07, 6.45) is 0. The standard InChI is InChI=1S/C13H10Br2N2S/c1-8(13-5-11(15)7-18-13)17-12-4-10(14)3-2-9(12)6-16/h2-5,7-8,17H,1H3. The van der Waals surface area contributed by atoms with Crippen LogP contribution in [0.4, 0.5) is 5.69 Å². The van der Waals surface area contributed by atoms with Crippen LogP contribution in [0.15, 0.2) is 38.6 Å². The molecule has 0 aliphatic carbocycles. The molecule has 1 aromatic heterocycles. The number of rotatable bonds is 3. The lowest BCUT2D eigenvalue weighted by molar-refractivity contribution is 0.906. The van der Waals surface area contributed by atoms with Gasteiger partial charge in [0.15, 0.2) is 0 Å². The maximum Gasteiger partial charge on any atom is 0.101 e. The molecule has 2 aromatic rings. The highest BCUT2D eigenvalue weighted by Crippen LogP contribution is 2.30. The maximum atomic E-state index is 9.09. The summed E-state index contributed by atoms with van der Waals surface area (Å²) in [6, 6.07) is 10.1. The van der Waals surface area contributed by atoms with Gasteiger partial charge in [0.2, 0.25) is 0 Å². The zero-order chi connectivity index (χ0) is 13.1. The van der Waals surface area contributed by atoms with Crippen LogP contribution in [0.5, 0.6) is 0 Å². The second-order valence-electron chi connectivity index (χ2n) is 3.84. The Kier molecular flexibility index (Phi) is 4.44. The van der Waals surface area contributed by atoms with Crippen LogP contribution in [0.2, 0.25) is 0 Å². The van der Waals surface area contributed by atoms with Gasteiger partial charge in [-0.25, -0.2) is 0 Å². The number of anilines is 1. The first-order chi connectivity index (χ1) is 8.60. The molecule has 1 heterocycles. The molecule has 1 N–H and O–H groups in total. The van der Waals surface area contributed by atoms with Crippen molar-refractivity contribution in [3.05, 3.63) is 49.0 Å². The molecule has 18 heavy (non-hydrogen) atoms. The summed E-state index contributed by atoms with van der Waals surface area (Å²) in [4.78, 5) is 1.23. The zero-order valence-corrected chi connectivity index (χ0v) is 13.6. The van der Waals surface area contributed by atoms with Gasteiger partial charge in [-0.2, -0.15) is 5.26 Å². The summed E-state index contributed by atoms with van der Waals surface area (Å²) >= 11 is 8.56. The van der Waals surface area contributed by atoms with Crippen molar-refractivity contribution >= 4 is 48.9 Å². The van der Waals surface area contributed by atoms with E-state index in [0.29, 0.717) is 5.56 Å². The number of hydrogen-bond donors (Lipinski definition) is 1. The molecule has 1 unspecified atom stereocenters. The molecule has 0 fully saturated rings. The van der Waals surface area contributed by atoms with Crippen molar-refractivity contribution in [2.24, 2.45) is 0 Å². The number of benzene rings is 1. The number of nitriles is 1. The third-order valence-electron chi connectivity index (χ3n) is 2.49. The molecule has 1 atom stereocenters. The van der Waals surface area contributed by atoms with Gasteiger partial charge in [-0.1, -0.05) is 15.9 Å². The van der Waals surface area contributed by atoms with Crippen molar-refractivity contribution in [3.8, 4) is 6.07 Å². The monoisotopic (exact) mass is 384 g/mol. The largest absolute Gasteiger partial charge is 0.377 e. The second kappa shape index (κ2) is 5.87. The number of nitrogens with zero attached hydrogens (tertiary/aromatic N) is 1. The molecule has 92 valence electrons. The fourth-order valence-electron chi connectivity index (χ4n) is 1.59. The molecular formula is C13H10Br2N2S. The fraction of sp³-hybridized carbons (Fsp3) is 0.154. The average molecular weight is 386 g/mol. The van der Waals surface area contributed by atoms with Gasteiger partial charge in [-0.3, -0.25) is 0 Å². The molecule has 0 saturated carbocycles. The quantitative estimate of drug-likeness (QED) is 0.776. The molecule has 5 heteroatoms. The van der Waals surface area contributed by atoms with Crippen molar-refractivity contribution in [1.82, 2.24) is 0 Å². The van der Waals surface area contributed by atoms with Crippen LogP contribution in [-0.4, -0.2) is 0 Å². The van der Waals surface area contributed by atoms with Crippen molar-refractivity contribution < 1.29 is 0 Å². The minimum absolute atomic E-state index is 0.169.